The fraction of sp³-hybridized carbons (Fsp3) is 0.462. The molecular formula is C26H34N2O7. The molecule has 1 heterocycles. The van der Waals surface area contributed by atoms with Gasteiger partial charge in [-0.3, -0.25) is 9.59 Å². The van der Waals surface area contributed by atoms with E-state index in [0.29, 0.717) is 62.5 Å². The Bertz CT molecular complexity index is 1000. The van der Waals surface area contributed by atoms with Crippen molar-refractivity contribution in [3.63, 3.8) is 0 Å². The van der Waals surface area contributed by atoms with Crippen LogP contribution in [0.4, 0.5) is 5.69 Å². The lowest BCUT2D eigenvalue weighted by molar-refractivity contribution is -0.132. The Hall–Kier alpha value is -3.46. The highest BCUT2D eigenvalue weighted by Crippen LogP contribution is 2.38. The molecule has 0 fully saturated rings. The number of amides is 2. The van der Waals surface area contributed by atoms with E-state index in [2.05, 4.69) is 5.32 Å². The van der Waals surface area contributed by atoms with Crippen molar-refractivity contribution < 1.29 is 33.6 Å². The topological polar surface area (TPSA) is 107 Å². The molecule has 0 unspecified atom stereocenters. The molecule has 0 spiro atoms. The van der Waals surface area contributed by atoms with Gasteiger partial charge < -0.3 is 34.3 Å². The molecule has 9 nitrogen and oxygen atoms in total. The number of aliphatic hydroxyl groups is 1. The van der Waals surface area contributed by atoms with Crippen LogP contribution < -0.4 is 24.3 Å². The Morgan fingerprint density at radius 1 is 1.03 bits per heavy atom. The van der Waals surface area contributed by atoms with Crippen LogP contribution in [0, 0.1) is 0 Å². The molecule has 0 atom stereocenters. The first-order valence-corrected chi connectivity index (χ1v) is 11.7. The first-order valence-electron chi connectivity index (χ1n) is 11.7. The lowest BCUT2D eigenvalue weighted by atomic mass is 10.0. The van der Waals surface area contributed by atoms with Crippen molar-refractivity contribution >= 4 is 17.5 Å². The number of rotatable bonds is 13. The first-order chi connectivity index (χ1) is 17.0. The van der Waals surface area contributed by atoms with E-state index in [1.165, 1.54) is 0 Å². The summed E-state index contributed by atoms with van der Waals surface area (Å²) in [6, 6.07) is 9.33. The second kappa shape index (κ2) is 12.9. The number of ether oxygens (including phenoxy) is 4. The highest BCUT2D eigenvalue weighted by atomic mass is 16.5. The summed E-state index contributed by atoms with van der Waals surface area (Å²) in [5.74, 6) is 2.35. The molecule has 9 heteroatoms. The van der Waals surface area contributed by atoms with Crippen LogP contribution in [-0.2, 0) is 22.4 Å². The number of aliphatic hydroxyl groups excluding tert-OH is 1. The smallest absolute Gasteiger partial charge is 0.224 e. The van der Waals surface area contributed by atoms with Crippen LogP contribution in [0.5, 0.6) is 23.0 Å². The van der Waals surface area contributed by atoms with Gasteiger partial charge >= 0.3 is 0 Å². The summed E-state index contributed by atoms with van der Waals surface area (Å²) in [4.78, 5) is 25.9. The summed E-state index contributed by atoms with van der Waals surface area (Å²) in [6.45, 7) is 1.01. The minimum Gasteiger partial charge on any atom is -0.494 e. The largest absolute Gasteiger partial charge is 0.494 e. The molecule has 3 rings (SSSR count). The Kier molecular flexibility index (Phi) is 9.60. The van der Waals surface area contributed by atoms with Gasteiger partial charge in [-0.05, 0) is 60.7 Å². The van der Waals surface area contributed by atoms with Crippen LogP contribution in [-0.4, -0.2) is 69.5 Å². The van der Waals surface area contributed by atoms with Crippen molar-refractivity contribution in [1.29, 1.82) is 0 Å². The molecule has 2 amide bonds. The number of hydrogen-bond donors (Lipinski definition) is 2. The van der Waals surface area contributed by atoms with Crippen LogP contribution in [0.3, 0.4) is 0 Å². The number of methoxy groups -OCH3 is 3. The fourth-order valence-electron chi connectivity index (χ4n) is 4.05. The molecule has 0 bridgehead atoms. The van der Waals surface area contributed by atoms with Crippen LogP contribution in [0.15, 0.2) is 30.3 Å². The highest BCUT2D eigenvalue weighted by Gasteiger charge is 2.17. The SMILES string of the molecule is COc1cc(CCN(CCO)C(=O)CCCOc2ccc3c(c2)CCC(=O)N3)cc(OC)c1OC. The van der Waals surface area contributed by atoms with Crippen LogP contribution >= 0.6 is 0 Å². The second-order valence-electron chi connectivity index (χ2n) is 8.21. The van der Waals surface area contributed by atoms with Gasteiger partial charge in [0.05, 0.1) is 34.5 Å². The third-order valence-corrected chi connectivity index (χ3v) is 5.89. The lowest BCUT2D eigenvalue weighted by Gasteiger charge is -2.22. The number of aryl methyl sites for hydroxylation is 1. The number of benzene rings is 2. The number of nitrogens with one attached hydrogen (secondary N) is 1. The second-order valence-corrected chi connectivity index (χ2v) is 8.21. The number of carbonyl (C=O) groups excluding carboxylic acids is 2. The van der Waals surface area contributed by atoms with Crippen molar-refractivity contribution in [1.82, 2.24) is 4.90 Å². The number of nitrogens with zero attached hydrogens (tertiary/aromatic N) is 1. The van der Waals surface area contributed by atoms with E-state index >= 15 is 0 Å². The normalized spacial score (nSPS) is 12.4. The van der Waals surface area contributed by atoms with Crippen molar-refractivity contribution in [2.24, 2.45) is 0 Å². The molecule has 2 aromatic rings. The van der Waals surface area contributed by atoms with Gasteiger partial charge in [0.2, 0.25) is 17.6 Å². The average molecular weight is 487 g/mol. The monoisotopic (exact) mass is 486 g/mol. The van der Waals surface area contributed by atoms with Crippen LogP contribution in [0.2, 0.25) is 0 Å². The zero-order valence-corrected chi connectivity index (χ0v) is 20.6. The Morgan fingerprint density at radius 2 is 1.77 bits per heavy atom. The minimum absolute atomic E-state index is 0.0300. The van der Waals surface area contributed by atoms with Gasteiger partial charge in [-0.25, -0.2) is 0 Å². The van der Waals surface area contributed by atoms with E-state index < -0.39 is 0 Å². The molecular weight excluding hydrogens is 452 g/mol. The maximum atomic E-state index is 12.8. The molecule has 1 aliphatic rings. The average Bonchev–Trinajstić information content (AvgIpc) is 2.88. The summed E-state index contributed by atoms with van der Waals surface area (Å²) in [7, 11) is 4.68. The van der Waals surface area contributed by atoms with Crippen LogP contribution in [0.1, 0.15) is 30.4 Å². The van der Waals surface area contributed by atoms with Crippen molar-refractivity contribution in [2.75, 3.05) is 52.9 Å². The zero-order chi connectivity index (χ0) is 25.2. The molecule has 0 radical (unpaired) electrons. The van der Waals surface area contributed by atoms with Gasteiger partial charge in [0, 0.05) is 31.6 Å². The van der Waals surface area contributed by atoms with Gasteiger partial charge in [-0.2, -0.15) is 0 Å². The van der Waals surface area contributed by atoms with Gasteiger partial charge in [0.15, 0.2) is 11.5 Å². The molecule has 0 saturated carbocycles. The zero-order valence-electron chi connectivity index (χ0n) is 20.6. The molecule has 35 heavy (non-hydrogen) atoms. The standard InChI is InChI=1S/C26H34N2O7/c1-32-22-15-18(16-23(33-2)26(22)34-3)10-11-28(12-13-29)25(31)5-4-14-35-20-7-8-21-19(17-20)6-9-24(30)27-21/h7-8,15-17,29H,4-6,9-14H2,1-3H3,(H,27,30). The summed E-state index contributed by atoms with van der Waals surface area (Å²) in [6.07, 6.45) is 2.61. The summed E-state index contributed by atoms with van der Waals surface area (Å²) < 4.78 is 22.0. The summed E-state index contributed by atoms with van der Waals surface area (Å²) in [5.41, 5.74) is 2.82. The maximum Gasteiger partial charge on any atom is 0.224 e. The summed E-state index contributed by atoms with van der Waals surface area (Å²) >= 11 is 0. The molecule has 2 aromatic carbocycles. The van der Waals surface area contributed by atoms with Gasteiger partial charge in [0.1, 0.15) is 5.75 Å². The molecule has 0 saturated heterocycles. The maximum absolute atomic E-state index is 12.8. The predicted molar refractivity (Wildman–Crippen MR) is 132 cm³/mol. The molecule has 0 aliphatic carbocycles. The number of carbonyl (C=O) groups is 2. The number of hydrogen-bond acceptors (Lipinski definition) is 7. The van der Waals surface area contributed by atoms with Crippen molar-refractivity contribution in [3.05, 3.63) is 41.5 Å². The minimum atomic E-state index is -0.108. The highest BCUT2D eigenvalue weighted by molar-refractivity contribution is 5.94. The Labute approximate surface area is 205 Å². The molecule has 1 aliphatic heterocycles. The lowest BCUT2D eigenvalue weighted by Crippen LogP contribution is -2.35. The van der Waals surface area contributed by atoms with E-state index in [1.54, 1.807) is 26.2 Å². The van der Waals surface area contributed by atoms with E-state index in [0.717, 1.165) is 22.6 Å². The third kappa shape index (κ3) is 7.02. The molecule has 190 valence electrons. The fourth-order valence-corrected chi connectivity index (χ4v) is 4.05. The Balaban J connectivity index is 1.50. The Morgan fingerprint density at radius 3 is 2.43 bits per heavy atom. The number of anilines is 1. The van der Waals surface area contributed by atoms with Crippen molar-refractivity contribution in [2.45, 2.75) is 32.1 Å². The quantitative estimate of drug-likeness (QED) is 0.419. The first kappa shape index (κ1) is 26.2. The molecule has 2 N–H and O–H groups in total. The molecule has 0 aromatic heterocycles. The number of fused-ring (bicyclic) bond motifs is 1. The van der Waals surface area contributed by atoms with Crippen molar-refractivity contribution in [3.8, 4) is 23.0 Å². The van der Waals surface area contributed by atoms with Gasteiger partial charge in [-0.15, -0.1) is 0 Å². The predicted octanol–water partition coefficient (Wildman–Crippen LogP) is 2.82. The van der Waals surface area contributed by atoms with E-state index in [9.17, 15) is 14.7 Å². The van der Waals surface area contributed by atoms with Gasteiger partial charge in [-0.1, -0.05) is 0 Å². The third-order valence-electron chi connectivity index (χ3n) is 5.89. The van der Waals surface area contributed by atoms with E-state index in [4.69, 9.17) is 18.9 Å². The van der Waals surface area contributed by atoms with E-state index in [-0.39, 0.29) is 25.0 Å². The van der Waals surface area contributed by atoms with E-state index in [1.807, 2.05) is 30.3 Å². The summed E-state index contributed by atoms with van der Waals surface area (Å²) in [5, 5.41) is 12.3. The van der Waals surface area contributed by atoms with Crippen LogP contribution in [0.25, 0.3) is 0 Å². The van der Waals surface area contributed by atoms with Gasteiger partial charge in [0.25, 0.3) is 0 Å².